The van der Waals surface area contributed by atoms with Gasteiger partial charge in [-0.3, -0.25) is 4.72 Å². The minimum atomic E-state index is -3.67. The first-order valence-electron chi connectivity index (χ1n) is 10.2. The van der Waals surface area contributed by atoms with Crippen molar-refractivity contribution in [2.75, 3.05) is 4.72 Å². The van der Waals surface area contributed by atoms with Crippen LogP contribution in [0.3, 0.4) is 0 Å². The van der Waals surface area contributed by atoms with Crippen molar-refractivity contribution in [3.63, 3.8) is 0 Å². The van der Waals surface area contributed by atoms with Crippen molar-refractivity contribution >= 4 is 39.1 Å². The van der Waals surface area contributed by atoms with E-state index in [-0.39, 0.29) is 5.13 Å². The molecule has 0 saturated carbocycles. The quantitative estimate of drug-likeness (QED) is 0.275. The Hall–Kier alpha value is -1.12. The molecule has 0 atom stereocenters. The second kappa shape index (κ2) is 12.4. The Balaban J connectivity index is 1.77. The third kappa shape index (κ3) is 8.09. The fraction of sp³-hybridized carbons (Fsp3) is 0.600. The molecule has 1 heterocycles. The first-order valence-corrected chi connectivity index (χ1v) is 12.9. The van der Waals surface area contributed by atoms with Gasteiger partial charge in [0.25, 0.3) is 10.0 Å². The van der Waals surface area contributed by atoms with Gasteiger partial charge < -0.3 is 0 Å². The van der Waals surface area contributed by atoms with E-state index in [4.69, 9.17) is 0 Å². The summed E-state index contributed by atoms with van der Waals surface area (Å²) in [5, 5.41) is 7.75. The summed E-state index contributed by atoms with van der Waals surface area (Å²) in [6, 6.07) is 7.19. The van der Waals surface area contributed by atoms with Crippen LogP contribution in [0.1, 0.15) is 76.7 Å². The fourth-order valence-corrected chi connectivity index (χ4v) is 5.49. The van der Waals surface area contributed by atoms with Crippen molar-refractivity contribution in [3.8, 4) is 0 Å². The predicted octanol–water partition coefficient (Wildman–Crippen LogP) is 6.09. The number of hydrogen-bond acceptors (Lipinski definition) is 6. The zero-order valence-electron chi connectivity index (χ0n) is 16.6. The van der Waals surface area contributed by atoms with Gasteiger partial charge in [-0.25, -0.2) is 8.42 Å². The summed E-state index contributed by atoms with van der Waals surface area (Å²) in [6.07, 6.45) is 13.4. The molecule has 0 unspecified atom stereocenters. The number of sulfonamides is 1. The minimum Gasteiger partial charge on any atom is -0.253 e. The van der Waals surface area contributed by atoms with E-state index in [1.165, 1.54) is 51.4 Å². The van der Waals surface area contributed by atoms with Crippen LogP contribution in [-0.4, -0.2) is 18.6 Å². The highest BCUT2D eigenvalue weighted by atomic mass is 32.2. The molecule has 0 bridgehead atoms. The van der Waals surface area contributed by atoms with Gasteiger partial charge in [0.15, 0.2) is 4.34 Å². The summed E-state index contributed by atoms with van der Waals surface area (Å²) >= 11 is 5.18. The van der Waals surface area contributed by atoms with Crippen LogP contribution in [0.2, 0.25) is 0 Å². The maximum absolute atomic E-state index is 12.7. The lowest BCUT2D eigenvalue weighted by Crippen LogP contribution is -2.15. The van der Waals surface area contributed by atoms with Crippen LogP contribution in [0, 0.1) is 0 Å². The predicted molar refractivity (Wildman–Crippen MR) is 120 cm³/mol. The van der Waals surface area contributed by atoms with Crippen molar-refractivity contribution in [1.82, 2.24) is 10.2 Å². The molecule has 8 heteroatoms. The zero-order valence-corrected chi connectivity index (χ0v) is 19.1. The van der Waals surface area contributed by atoms with Gasteiger partial charge in [-0.15, -0.1) is 22.8 Å². The summed E-state index contributed by atoms with van der Waals surface area (Å²) < 4.78 is 28.4. The van der Waals surface area contributed by atoms with Crippen LogP contribution in [0.4, 0.5) is 5.13 Å². The second-order valence-corrected chi connectivity index (χ2v) is 10.4. The molecule has 1 N–H and O–H groups in total. The van der Waals surface area contributed by atoms with Gasteiger partial charge in [-0.1, -0.05) is 94.2 Å². The van der Waals surface area contributed by atoms with Gasteiger partial charge in [-0.2, -0.15) is 0 Å². The number of nitrogens with one attached hydrogen (secondary N) is 1. The highest BCUT2D eigenvalue weighted by molar-refractivity contribution is 7.93. The Bertz CT molecular complexity index is 807. The SMILES string of the molecule is CCCCCCCCCCCCc1ccccc1S(=O)(=O)Nc1nnc(S)s1. The van der Waals surface area contributed by atoms with E-state index in [1.54, 1.807) is 12.1 Å². The van der Waals surface area contributed by atoms with Crippen LogP contribution in [0.5, 0.6) is 0 Å². The number of thiol groups is 1. The number of rotatable bonds is 14. The molecule has 2 rings (SSSR count). The molecule has 1 aromatic heterocycles. The van der Waals surface area contributed by atoms with E-state index in [9.17, 15) is 8.42 Å². The average Bonchev–Trinajstić information content (AvgIpc) is 3.07. The number of benzene rings is 1. The Morgan fingerprint density at radius 2 is 1.54 bits per heavy atom. The highest BCUT2D eigenvalue weighted by Crippen LogP contribution is 2.24. The molecule has 2 aromatic rings. The average molecular weight is 442 g/mol. The Kier molecular flexibility index (Phi) is 10.3. The molecule has 0 amide bonds. The number of nitrogens with zero attached hydrogens (tertiary/aromatic N) is 2. The molecule has 0 aliphatic carbocycles. The van der Waals surface area contributed by atoms with Crippen LogP contribution in [0.25, 0.3) is 0 Å². The third-order valence-electron chi connectivity index (χ3n) is 4.70. The molecule has 28 heavy (non-hydrogen) atoms. The first kappa shape index (κ1) is 23.2. The first-order chi connectivity index (χ1) is 13.5. The van der Waals surface area contributed by atoms with Crippen molar-refractivity contribution in [1.29, 1.82) is 0 Å². The number of anilines is 1. The summed E-state index contributed by atoms with van der Waals surface area (Å²) in [6.45, 7) is 2.24. The fourth-order valence-electron chi connectivity index (χ4n) is 3.20. The van der Waals surface area contributed by atoms with E-state index < -0.39 is 10.0 Å². The van der Waals surface area contributed by atoms with Crippen LogP contribution < -0.4 is 4.72 Å². The van der Waals surface area contributed by atoms with Gasteiger partial charge in [0, 0.05) is 0 Å². The van der Waals surface area contributed by atoms with E-state index in [2.05, 4.69) is 34.5 Å². The normalized spacial score (nSPS) is 11.6. The van der Waals surface area contributed by atoms with Gasteiger partial charge >= 0.3 is 0 Å². The van der Waals surface area contributed by atoms with E-state index in [1.807, 2.05) is 12.1 Å². The molecule has 0 radical (unpaired) electrons. The number of aromatic nitrogens is 2. The molecule has 0 aliphatic heterocycles. The second-order valence-electron chi connectivity index (χ2n) is 7.03. The maximum atomic E-state index is 12.7. The van der Waals surface area contributed by atoms with Crippen LogP contribution in [0.15, 0.2) is 33.5 Å². The standard InChI is InChI=1S/C20H31N3O2S3/c1-2-3-4-5-6-7-8-9-10-11-14-17-15-12-13-16-18(17)28(24,25)23-19-21-22-20(26)27-19/h12-13,15-16H,2-11,14H2,1H3,(H,21,23)(H,22,26). The molecule has 0 aliphatic rings. The largest absolute Gasteiger partial charge is 0.263 e. The molecule has 1 aromatic carbocycles. The van der Waals surface area contributed by atoms with Gasteiger partial charge in [0.2, 0.25) is 5.13 Å². The van der Waals surface area contributed by atoms with Gasteiger partial charge in [-0.05, 0) is 24.5 Å². The number of aryl methyl sites for hydroxylation is 1. The van der Waals surface area contributed by atoms with E-state index in [0.717, 1.165) is 36.2 Å². The smallest absolute Gasteiger partial charge is 0.253 e. The molecular weight excluding hydrogens is 410 g/mol. The lowest BCUT2D eigenvalue weighted by atomic mass is 10.0. The van der Waals surface area contributed by atoms with Crippen LogP contribution in [-0.2, 0) is 16.4 Å². The van der Waals surface area contributed by atoms with E-state index >= 15 is 0 Å². The summed E-state index contributed by atoms with van der Waals surface area (Å²) in [7, 11) is -3.67. The number of unbranched alkanes of at least 4 members (excludes halogenated alkanes) is 9. The molecular formula is C20H31N3O2S3. The summed E-state index contributed by atoms with van der Waals surface area (Å²) in [5.41, 5.74) is 0.852. The minimum absolute atomic E-state index is 0.235. The molecule has 156 valence electrons. The van der Waals surface area contributed by atoms with Crippen molar-refractivity contribution in [2.24, 2.45) is 0 Å². The maximum Gasteiger partial charge on any atom is 0.263 e. The third-order valence-corrected chi connectivity index (χ3v) is 7.27. The van der Waals surface area contributed by atoms with Crippen molar-refractivity contribution < 1.29 is 8.42 Å². The van der Waals surface area contributed by atoms with Crippen molar-refractivity contribution in [2.45, 2.75) is 86.8 Å². The molecule has 0 spiro atoms. The molecule has 5 nitrogen and oxygen atoms in total. The molecule has 0 fully saturated rings. The lowest BCUT2D eigenvalue weighted by molar-refractivity contribution is 0.555. The highest BCUT2D eigenvalue weighted by Gasteiger charge is 2.19. The van der Waals surface area contributed by atoms with Crippen LogP contribution >= 0.6 is 24.0 Å². The van der Waals surface area contributed by atoms with E-state index in [0.29, 0.717) is 9.24 Å². The lowest BCUT2D eigenvalue weighted by Gasteiger charge is -2.10. The summed E-state index contributed by atoms with van der Waals surface area (Å²) in [5.74, 6) is 0. The molecule has 0 saturated heterocycles. The Labute approximate surface area is 178 Å². The zero-order chi connectivity index (χ0) is 20.2. The Morgan fingerprint density at radius 3 is 2.14 bits per heavy atom. The number of hydrogen-bond donors (Lipinski definition) is 2. The summed E-state index contributed by atoms with van der Waals surface area (Å²) in [4.78, 5) is 0.321. The monoisotopic (exact) mass is 441 g/mol. The van der Waals surface area contributed by atoms with Gasteiger partial charge in [0.1, 0.15) is 0 Å². The van der Waals surface area contributed by atoms with Crippen molar-refractivity contribution in [3.05, 3.63) is 29.8 Å². The Morgan fingerprint density at radius 1 is 0.929 bits per heavy atom. The van der Waals surface area contributed by atoms with Gasteiger partial charge in [0.05, 0.1) is 4.90 Å². The topological polar surface area (TPSA) is 72.0 Å².